The van der Waals surface area contributed by atoms with Crippen molar-refractivity contribution >= 4 is 34.1 Å². The van der Waals surface area contributed by atoms with Crippen LogP contribution >= 0.6 is 0 Å². The summed E-state index contributed by atoms with van der Waals surface area (Å²) in [6.45, 7) is 0. The van der Waals surface area contributed by atoms with Crippen molar-refractivity contribution in [1.29, 1.82) is 0 Å². The molecular formula is C24H18FN5O2. The van der Waals surface area contributed by atoms with Crippen LogP contribution < -0.4 is 10.2 Å². The molecule has 3 aromatic carbocycles. The molecule has 1 atom stereocenters. The quantitative estimate of drug-likeness (QED) is 0.526. The van der Waals surface area contributed by atoms with E-state index in [1.165, 1.54) is 11.0 Å². The minimum atomic E-state index is -1.23. The van der Waals surface area contributed by atoms with E-state index in [1.54, 1.807) is 73.9 Å². The third-order valence-corrected chi connectivity index (χ3v) is 5.44. The van der Waals surface area contributed by atoms with E-state index >= 15 is 0 Å². The van der Waals surface area contributed by atoms with Gasteiger partial charge in [-0.3, -0.25) is 14.7 Å². The third kappa shape index (κ3) is 3.31. The minimum Gasteiger partial charge on any atom is -0.322 e. The molecule has 1 aromatic heterocycles. The first-order chi connectivity index (χ1) is 15.5. The molecule has 8 heteroatoms. The molecule has 0 spiro atoms. The van der Waals surface area contributed by atoms with Crippen LogP contribution in [0.3, 0.4) is 0 Å². The fourth-order valence-corrected chi connectivity index (χ4v) is 3.77. The number of amides is 2. The number of hydrogen-bond acceptors (Lipinski definition) is 4. The molecule has 0 fully saturated rings. The predicted octanol–water partition coefficient (Wildman–Crippen LogP) is 3.27. The lowest BCUT2D eigenvalue weighted by atomic mass is 10.00. The second-order valence-corrected chi connectivity index (χ2v) is 7.42. The zero-order valence-electron chi connectivity index (χ0n) is 17.0. The summed E-state index contributed by atoms with van der Waals surface area (Å²) in [5.74, 6) is -1.37. The Hall–Kier alpha value is -4.33. The second kappa shape index (κ2) is 7.73. The van der Waals surface area contributed by atoms with Crippen molar-refractivity contribution in [1.82, 2.24) is 15.5 Å². The van der Waals surface area contributed by atoms with Crippen molar-refractivity contribution in [3.63, 3.8) is 0 Å². The number of aliphatic imine (C=N–C) groups is 1. The number of benzodiazepines with no additional fused rings is 1. The van der Waals surface area contributed by atoms with Crippen molar-refractivity contribution in [3.8, 4) is 0 Å². The van der Waals surface area contributed by atoms with Crippen LogP contribution in [0.15, 0.2) is 77.9 Å². The van der Waals surface area contributed by atoms with Crippen molar-refractivity contribution < 1.29 is 14.0 Å². The molecule has 0 bridgehead atoms. The zero-order valence-corrected chi connectivity index (χ0v) is 17.0. The van der Waals surface area contributed by atoms with Crippen LogP contribution in [-0.2, 0) is 4.79 Å². The average Bonchev–Trinajstić information content (AvgIpc) is 3.26. The minimum absolute atomic E-state index is 0.251. The van der Waals surface area contributed by atoms with Gasteiger partial charge in [-0.2, -0.15) is 5.10 Å². The van der Waals surface area contributed by atoms with Crippen molar-refractivity contribution in [2.24, 2.45) is 4.99 Å². The summed E-state index contributed by atoms with van der Waals surface area (Å²) in [5, 5.41) is 10.3. The van der Waals surface area contributed by atoms with E-state index in [4.69, 9.17) is 0 Å². The topological polar surface area (TPSA) is 90.5 Å². The van der Waals surface area contributed by atoms with E-state index < -0.39 is 23.8 Å². The van der Waals surface area contributed by atoms with Gasteiger partial charge in [-0.15, -0.1) is 0 Å². The highest BCUT2D eigenvalue weighted by atomic mass is 19.1. The number of para-hydroxylation sites is 1. The van der Waals surface area contributed by atoms with Crippen LogP contribution in [0.4, 0.5) is 10.1 Å². The van der Waals surface area contributed by atoms with Gasteiger partial charge < -0.3 is 10.2 Å². The molecule has 2 amide bonds. The summed E-state index contributed by atoms with van der Waals surface area (Å²) in [5.41, 5.74) is 2.78. The Kier molecular flexibility index (Phi) is 4.74. The fourth-order valence-electron chi connectivity index (χ4n) is 3.77. The molecule has 2 heterocycles. The van der Waals surface area contributed by atoms with Gasteiger partial charge in [0.1, 0.15) is 5.82 Å². The Morgan fingerprint density at radius 1 is 1.06 bits per heavy atom. The molecule has 32 heavy (non-hydrogen) atoms. The molecule has 0 radical (unpaired) electrons. The summed E-state index contributed by atoms with van der Waals surface area (Å²) in [6.07, 6.45) is 0.426. The Bertz CT molecular complexity index is 1390. The third-order valence-electron chi connectivity index (χ3n) is 5.44. The van der Waals surface area contributed by atoms with Gasteiger partial charge in [-0.25, -0.2) is 9.38 Å². The molecule has 1 aliphatic rings. The van der Waals surface area contributed by atoms with Crippen LogP contribution in [0, 0.1) is 5.82 Å². The summed E-state index contributed by atoms with van der Waals surface area (Å²) >= 11 is 0. The fraction of sp³-hybridized carbons (Fsp3) is 0.0833. The number of fused-ring (bicyclic) bond motifs is 2. The van der Waals surface area contributed by atoms with E-state index in [0.29, 0.717) is 28.0 Å². The normalized spacial score (nSPS) is 15.8. The number of aromatic amines is 1. The number of likely N-dealkylation sites (N-methyl/N-ethyl adjacent to an activating group) is 1. The first-order valence-corrected chi connectivity index (χ1v) is 9.96. The number of nitrogens with zero attached hydrogens (tertiary/aromatic N) is 3. The van der Waals surface area contributed by atoms with Crippen molar-refractivity contribution in [2.75, 3.05) is 11.9 Å². The van der Waals surface area contributed by atoms with Crippen LogP contribution in [0.5, 0.6) is 0 Å². The number of carbonyl (C=O) groups is 2. The molecule has 158 valence electrons. The van der Waals surface area contributed by atoms with Gasteiger partial charge in [-0.05, 0) is 30.3 Å². The number of halogens is 1. The molecule has 4 aromatic rings. The first-order valence-electron chi connectivity index (χ1n) is 9.96. The van der Waals surface area contributed by atoms with Gasteiger partial charge in [0.15, 0.2) is 0 Å². The lowest BCUT2D eigenvalue weighted by Crippen LogP contribution is -2.46. The molecule has 0 aliphatic carbocycles. The Labute approximate surface area is 182 Å². The predicted molar refractivity (Wildman–Crippen MR) is 119 cm³/mol. The molecule has 7 nitrogen and oxygen atoms in total. The van der Waals surface area contributed by atoms with Gasteiger partial charge in [0.2, 0.25) is 6.17 Å². The number of anilines is 1. The number of H-pyrrole nitrogens is 1. The Morgan fingerprint density at radius 2 is 1.81 bits per heavy atom. The van der Waals surface area contributed by atoms with Crippen LogP contribution in [0.25, 0.3) is 10.9 Å². The van der Waals surface area contributed by atoms with E-state index in [-0.39, 0.29) is 5.56 Å². The lowest BCUT2D eigenvalue weighted by Gasteiger charge is -2.20. The van der Waals surface area contributed by atoms with E-state index in [9.17, 15) is 14.0 Å². The highest BCUT2D eigenvalue weighted by molar-refractivity contribution is 6.20. The number of rotatable bonds is 3. The van der Waals surface area contributed by atoms with Crippen LogP contribution in [0.1, 0.15) is 21.5 Å². The van der Waals surface area contributed by atoms with Crippen LogP contribution in [0.2, 0.25) is 0 Å². The zero-order chi connectivity index (χ0) is 22.2. The standard InChI is InChI=1S/C24H18FN5O2/c1-30-20-9-5-3-7-17(20)21(16-6-2-4-8-18(16)25)27-22(24(30)32)28-23(31)14-10-11-15-13-26-29-19(15)12-14/h2-13,22H,1H3,(H,26,29)(H,28,31). The van der Waals surface area contributed by atoms with E-state index in [1.807, 2.05) is 0 Å². The maximum Gasteiger partial charge on any atom is 0.272 e. The van der Waals surface area contributed by atoms with Gasteiger partial charge in [0.05, 0.1) is 23.1 Å². The van der Waals surface area contributed by atoms with E-state index in [2.05, 4.69) is 20.5 Å². The summed E-state index contributed by atoms with van der Waals surface area (Å²) in [4.78, 5) is 32.1. The number of aromatic nitrogens is 2. The van der Waals surface area contributed by atoms with Crippen molar-refractivity contribution in [2.45, 2.75) is 6.17 Å². The molecule has 1 unspecified atom stereocenters. The maximum absolute atomic E-state index is 14.7. The van der Waals surface area contributed by atoms with Gasteiger partial charge in [-0.1, -0.05) is 36.4 Å². The molecule has 2 N–H and O–H groups in total. The second-order valence-electron chi connectivity index (χ2n) is 7.42. The average molecular weight is 427 g/mol. The smallest absolute Gasteiger partial charge is 0.272 e. The number of benzene rings is 3. The molecule has 0 saturated carbocycles. The first kappa shape index (κ1) is 19.6. The molecule has 1 aliphatic heterocycles. The Morgan fingerprint density at radius 3 is 2.62 bits per heavy atom. The summed E-state index contributed by atoms with van der Waals surface area (Å²) in [6, 6.07) is 18.4. The molecule has 0 saturated heterocycles. The number of nitrogens with one attached hydrogen (secondary N) is 2. The SMILES string of the molecule is CN1C(=O)C(NC(=O)c2ccc3cn[nH]c3c2)N=C(c2ccccc2F)c2ccccc21. The summed E-state index contributed by atoms with van der Waals surface area (Å²) < 4.78 is 14.7. The van der Waals surface area contributed by atoms with Gasteiger partial charge in [0.25, 0.3) is 11.8 Å². The molecule has 5 rings (SSSR count). The molecular weight excluding hydrogens is 409 g/mol. The Balaban J connectivity index is 1.58. The van der Waals surface area contributed by atoms with Gasteiger partial charge in [0, 0.05) is 29.1 Å². The highest BCUT2D eigenvalue weighted by Gasteiger charge is 2.31. The number of carbonyl (C=O) groups excluding carboxylic acids is 2. The highest BCUT2D eigenvalue weighted by Crippen LogP contribution is 2.28. The van der Waals surface area contributed by atoms with E-state index in [0.717, 1.165) is 5.39 Å². The monoisotopic (exact) mass is 427 g/mol. The summed E-state index contributed by atoms with van der Waals surface area (Å²) in [7, 11) is 1.61. The maximum atomic E-state index is 14.7. The number of hydrogen-bond donors (Lipinski definition) is 2. The van der Waals surface area contributed by atoms with Crippen LogP contribution in [-0.4, -0.2) is 40.9 Å². The largest absolute Gasteiger partial charge is 0.322 e. The van der Waals surface area contributed by atoms with Crippen molar-refractivity contribution in [3.05, 3.63) is 95.4 Å². The lowest BCUT2D eigenvalue weighted by molar-refractivity contribution is -0.119. The van der Waals surface area contributed by atoms with Gasteiger partial charge >= 0.3 is 0 Å².